The number of benzene rings is 1. The number of H-pyrrole nitrogens is 1. The van der Waals surface area contributed by atoms with Gasteiger partial charge in [0.2, 0.25) is 5.91 Å². The smallest absolute Gasteiger partial charge is 0.280 e. The highest BCUT2D eigenvalue weighted by Gasteiger charge is 2.31. The van der Waals surface area contributed by atoms with Gasteiger partial charge in [-0.3, -0.25) is 14.4 Å². The summed E-state index contributed by atoms with van der Waals surface area (Å²) >= 11 is 0. The second-order valence-corrected chi connectivity index (χ2v) is 7.18. The Hall–Kier alpha value is -2.74. The van der Waals surface area contributed by atoms with Crippen molar-refractivity contribution in [2.45, 2.75) is 38.8 Å². The minimum Gasteiger partial charge on any atom is -0.393 e. The van der Waals surface area contributed by atoms with Gasteiger partial charge in [0.15, 0.2) is 5.69 Å². The first kappa shape index (κ1) is 19.0. The number of para-hydroxylation sites is 2. The fraction of sp³-hybridized carbons (Fsp3) is 0.474. The third kappa shape index (κ3) is 4.16. The van der Waals surface area contributed by atoms with Crippen LogP contribution < -0.4 is 10.9 Å². The molecule has 0 spiro atoms. The summed E-state index contributed by atoms with van der Waals surface area (Å²) in [4.78, 5) is 46.2. The van der Waals surface area contributed by atoms with Crippen LogP contribution in [0.1, 0.15) is 37.2 Å². The van der Waals surface area contributed by atoms with E-state index in [4.69, 9.17) is 0 Å². The Balaban J connectivity index is 1.80. The Morgan fingerprint density at radius 1 is 1.26 bits per heavy atom. The second-order valence-electron chi connectivity index (χ2n) is 7.18. The van der Waals surface area contributed by atoms with Crippen molar-refractivity contribution in [2.24, 2.45) is 5.92 Å². The van der Waals surface area contributed by atoms with E-state index in [-0.39, 0.29) is 23.6 Å². The van der Waals surface area contributed by atoms with Crippen LogP contribution in [-0.4, -0.2) is 57.0 Å². The Morgan fingerprint density at radius 2 is 1.93 bits per heavy atom. The van der Waals surface area contributed by atoms with Crippen molar-refractivity contribution in [1.82, 2.24) is 20.2 Å². The molecule has 1 fully saturated rings. The molecule has 1 saturated heterocycles. The van der Waals surface area contributed by atoms with E-state index < -0.39 is 17.5 Å². The van der Waals surface area contributed by atoms with E-state index in [1.54, 1.807) is 29.2 Å². The maximum absolute atomic E-state index is 12.8. The number of piperidine rings is 1. The van der Waals surface area contributed by atoms with Gasteiger partial charge in [-0.15, -0.1) is 0 Å². The summed E-state index contributed by atoms with van der Waals surface area (Å²) in [7, 11) is 0. The summed E-state index contributed by atoms with van der Waals surface area (Å²) in [5.74, 6) is -1.04. The first-order valence-electron chi connectivity index (χ1n) is 9.13. The van der Waals surface area contributed by atoms with E-state index >= 15 is 0 Å². The van der Waals surface area contributed by atoms with Gasteiger partial charge < -0.3 is 20.3 Å². The predicted octanol–water partition coefficient (Wildman–Crippen LogP) is 0.661. The van der Waals surface area contributed by atoms with Crippen LogP contribution >= 0.6 is 0 Å². The summed E-state index contributed by atoms with van der Waals surface area (Å²) < 4.78 is 0. The summed E-state index contributed by atoms with van der Waals surface area (Å²) in [5, 5.41) is 12.3. The average Bonchev–Trinajstić information content (AvgIpc) is 2.65. The molecule has 144 valence electrons. The molecule has 0 aliphatic carbocycles. The number of nitrogens with zero attached hydrogens (tertiary/aromatic N) is 2. The first-order valence-corrected chi connectivity index (χ1v) is 9.13. The van der Waals surface area contributed by atoms with Crippen molar-refractivity contribution < 1.29 is 14.7 Å². The minimum absolute atomic E-state index is 0.159. The van der Waals surface area contributed by atoms with Gasteiger partial charge in [-0.1, -0.05) is 26.0 Å². The van der Waals surface area contributed by atoms with Crippen molar-refractivity contribution in [3.63, 3.8) is 0 Å². The Morgan fingerprint density at radius 3 is 2.59 bits per heavy atom. The number of aliphatic hydroxyl groups is 1. The number of hydrogen-bond acceptors (Lipinski definition) is 5. The van der Waals surface area contributed by atoms with Crippen LogP contribution in [0.5, 0.6) is 0 Å². The normalized spacial score (nSPS) is 16.5. The molecule has 1 aliphatic heterocycles. The number of fused-ring (bicyclic) bond motifs is 1. The second kappa shape index (κ2) is 7.87. The van der Waals surface area contributed by atoms with Crippen molar-refractivity contribution in [3.8, 4) is 0 Å². The maximum atomic E-state index is 12.8. The molecule has 27 heavy (non-hydrogen) atoms. The molecule has 1 aromatic carbocycles. The van der Waals surface area contributed by atoms with Crippen LogP contribution in [0.3, 0.4) is 0 Å². The highest BCUT2D eigenvalue weighted by atomic mass is 16.3. The highest BCUT2D eigenvalue weighted by molar-refractivity contribution is 5.97. The summed E-state index contributed by atoms with van der Waals surface area (Å²) in [6, 6.07) is 6.17. The van der Waals surface area contributed by atoms with Crippen LogP contribution in [-0.2, 0) is 4.79 Å². The largest absolute Gasteiger partial charge is 0.393 e. The standard InChI is InChI=1S/C19H24N4O4/c1-11(2)15(19(27)23-9-7-12(24)8-10-23)22-18(26)16-17(25)21-14-6-4-3-5-13(14)20-16/h3-6,11-12,15,24H,7-10H2,1-2H3,(H,21,25)(H,22,26)/t15-/m0/s1. The fourth-order valence-corrected chi connectivity index (χ4v) is 3.19. The zero-order chi connectivity index (χ0) is 19.6. The molecule has 2 amide bonds. The minimum atomic E-state index is -0.764. The Kier molecular flexibility index (Phi) is 5.55. The van der Waals surface area contributed by atoms with E-state index in [1.807, 2.05) is 13.8 Å². The molecule has 2 heterocycles. The number of aromatic amines is 1. The zero-order valence-electron chi connectivity index (χ0n) is 15.4. The molecule has 8 nitrogen and oxygen atoms in total. The number of likely N-dealkylation sites (tertiary alicyclic amines) is 1. The molecule has 0 unspecified atom stereocenters. The molecule has 0 radical (unpaired) electrons. The lowest BCUT2D eigenvalue weighted by Gasteiger charge is -2.33. The quantitative estimate of drug-likeness (QED) is 0.729. The number of hydrogen-bond donors (Lipinski definition) is 3. The lowest BCUT2D eigenvalue weighted by molar-refractivity contribution is -0.136. The molecule has 0 bridgehead atoms. The molecular weight excluding hydrogens is 348 g/mol. The molecule has 3 rings (SSSR count). The van der Waals surface area contributed by atoms with E-state index in [1.165, 1.54) is 0 Å². The third-order valence-electron chi connectivity index (χ3n) is 4.81. The third-order valence-corrected chi connectivity index (χ3v) is 4.81. The van der Waals surface area contributed by atoms with Gasteiger partial charge in [0.05, 0.1) is 17.1 Å². The predicted molar refractivity (Wildman–Crippen MR) is 100 cm³/mol. The fourth-order valence-electron chi connectivity index (χ4n) is 3.19. The van der Waals surface area contributed by atoms with Crippen LogP contribution in [0.4, 0.5) is 0 Å². The van der Waals surface area contributed by atoms with Gasteiger partial charge in [-0.2, -0.15) is 0 Å². The number of nitrogens with one attached hydrogen (secondary N) is 2. The number of amides is 2. The van der Waals surface area contributed by atoms with Crippen LogP contribution in [0.25, 0.3) is 11.0 Å². The van der Waals surface area contributed by atoms with Gasteiger partial charge in [0.1, 0.15) is 6.04 Å². The van der Waals surface area contributed by atoms with Crippen molar-refractivity contribution in [2.75, 3.05) is 13.1 Å². The van der Waals surface area contributed by atoms with Crippen LogP contribution in [0.2, 0.25) is 0 Å². The zero-order valence-corrected chi connectivity index (χ0v) is 15.4. The Labute approximate surface area is 156 Å². The van der Waals surface area contributed by atoms with Crippen molar-refractivity contribution >= 4 is 22.8 Å². The lowest BCUT2D eigenvalue weighted by Crippen LogP contribution is -2.54. The van der Waals surface area contributed by atoms with E-state index in [0.29, 0.717) is 37.0 Å². The van der Waals surface area contributed by atoms with Crippen molar-refractivity contribution in [3.05, 3.63) is 40.3 Å². The van der Waals surface area contributed by atoms with Gasteiger partial charge in [-0.25, -0.2) is 4.98 Å². The summed E-state index contributed by atoms with van der Waals surface area (Å²) in [6.45, 7) is 4.57. The van der Waals surface area contributed by atoms with E-state index in [0.717, 1.165) is 0 Å². The number of aliphatic hydroxyl groups excluding tert-OH is 1. The number of rotatable bonds is 4. The number of carbonyl (C=O) groups is 2. The number of aromatic nitrogens is 2. The van der Waals surface area contributed by atoms with E-state index in [2.05, 4.69) is 15.3 Å². The summed E-state index contributed by atoms with van der Waals surface area (Å²) in [6.07, 6.45) is 0.661. The van der Waals surface area contributed by atoms with Crippen LogP contribution in [0, 0.1) is 5.92 Å². The van der Waals surface area contributed by atoms with Crippen LogP contribution in [0.15, 0.2) is 29.1 Å². The average molecular weight is 372 g/mol. The SMILES string of the molecule is CC(C)[C@H](NC(=O)c1nc2ccccc2[nH]c1=O)C(=O)N1CCC(O)CC1. The molecule has 2 aromatic rings. The highest BCUT2D eigenvalue weighted by Crippen LogP contribution is 2.14. The molecule has 3 N–H and O–H groups in total. The van der Waals surface area contributed by atoms with Crippen molar-refractivity contribution in [1.29, 1.82) is 0 Å². The topological polar surface area (TPSA) is 115 Å². The molecule has 0 saturated carbocycles. The van der Waals surface area contributed by atoms with Gasteiger partial charge in [0.25, 0.3) is 11.5 Å². The summed E-state index contributed by atoms with van der Waals surface area (Å²) in [5.41, 5.74) is 0.186. The lowest BCUT2D eigenvalue weighted by atomic mass is 10.00. The van der Waals surface area contributed by atoms with Gasteiger partial charge >= 0.3 is 0 Å². The first-order chi connectivity index (χ1) is 12.9. The molecular formula is C19H24N4O4. The van der Waals surface area contributed by atoms with Gasteiger partial charge in [-0.05, 0) is 30.9 Å². The molecule has 8 heteroatoms. The molecule has 1 aromatic heterocycles. The molecule has 1 atom stereocenters. The molecule has 1 aliphatic rings. The Bertz CT molecular complexity index is 900. The maximum Gasteiger partial charge on any atom is 0.280 e. The monoisotopic (exact) mass is 372 g/mol. The van der Waals surface area contributed by atoms with Gasteiger partial charge in [0, 0.05) is 13.1 Å². The van der Waals surface area contributed by atoms with E-state index in [9.17, 15) is 19.5 Å². The number of carbonyl (C=O) groups excluding carboxylic acids is 2.